The van der Waals surface area contributed by atoms with Gasteiger partial charge in [-0.3, -0.25) is 9.69 Å². The summed E-state index contributed by atoms with van der Waals surface area (Å²) >= 11 is 10.4. The number of rotatable bonds is 4. The first kappa shape index (κ1) is 19.4. The van der Waals surface area contributed by atoms with Crippen LogP contribution in [0.5, 0.6) is 0 Å². The van der Waals surface area contributed by atoms with Crippen molar-refractivity contribution in [2.45, 2.75) is 6.04 Å². The highest BCUT2D eigenvalue weighted by Gasteiger charge is 2.34. The number of carbonyl (C=O) groups excluding carboxylic acids is 1. The van der Waals surface area contributed by atoms with Gasteiger partial charge in [-0.25, -0.2) is 0 Å². The van der Waals surface area contributed by atoms with Crippen LogP contribution in [0.4, 0.5) is 11.4 Å². The average Bonchev–Trinajstić information content (AvgIpc) is 3.01. The number of hydrogen-bond acceptors (Lipinski definition) is 2. The first-order valence-corrected chi connectivity index (χ1v) is 11.0. The van der Waals surface area contributed by atoms with Crippen molar-refractivity contribution < 1.29 is 4.79 Å². The maximum Gasteiger partial charge on any atom is 0.275 e. The maximum atomic E-state index is 13.3. The van der Waals surface area contributed by atoms with Gasteiger partial charge in [-0.15, -0.1) is 0 Å². The van der Waals surface area contributed by atoms with E-state index in [0.29, 0.717) is 5.70 Å². The lowest BCUT2D eigenvalue weighted by Gasteiger charge is -2.25. The summed E-state index contributed by atoms with van der Waals surface area (Å²) in [6.07, 6.45) is 1.98. The fourth-order valence-electron chi connectivity index (χ4n) is 3.13. The Morgan fingerprint density at radius 3 is 1.79 bits per heavy atom. The predicted octanol–water partition coefficient (Wildman–Crippen LogP) is 7.06. The molecule has 0 spiro atoms. The molecular formula is C22H15Br3N2O. The second-order valence-corrected chi connectivity index (χ2v) is 9.11. The predicted molar refractivity (Wildman–Crippen MR) is 124 cm³/mol. The van der Waals surface area contributed by atoms with Crippen LogP contribution >= 0.6 is 47.8 Å². The second kappa shape index (κ2) is 8.23. The fourth-order valence-corrected chi connectivity index (χ4v) is 3.92. The van der Waals surface area contributed by atoms with Crippen LogP contribution in [-0.4, -0.2) is 5.91 Å². The second-order valence-electron chi connectivity index (χ2n) is 6.36. The van der Waals surface area contributed by atoms with Gasteiger partial charge in [0.15, 0.2) is 0 Å². The summed E-state index contributed by atoms with van der Waals surface area (Å²) in [7, 11) is 0. The molecule has 0 radical (unpaired) electrons. The number of halogens is 3. The number of carbonyl (C=O) groups is 1. The molecule has 3 aromatic carbocycles. The fraction of sp³-hybridized carbons (Fsp3) is 0.0455. The molecule has 28 heavy (non-hydrogen) atoms. The monoisotopic (exact) mass is 560 g/mol. The molecule has 3 aromatic rings. The molecule has 1 N–H and O–H groups in total. The first-order valence-electron chi connectivity index (χ1n) is 8.60. The van der Waals surface area contributed by atoms with Crippen molar-refractivity contribution in [1.29, 1.82) is 0 Å². The minimum Gasteiger partial charge on any atom is -0.351 e. The smallest absolute Gasteiger partial charge is 0.275 e. The van der Waals surface area contributed by atoms with E-state index < -0.39 is 0 Å². The van der Waals surface area contributed by atoms with Crippen molar-refractivity contribution in [3.05, 3.63) is 104 Å². The number of anilines is 2. The number of nitrogens with zero attached hydrogens (tertiary/aromatic N) is 1. The van der Waals surface area contributed by atoms with Crippen LogP contribution in [0.1, 0.15) is 11.6 Å². The van der Waals surface area contributed by atoms with Crippen LogP contribution in [-0.2, 0) is 4.79 Å². The zero-order valence-corrected chi connectivity index (χ0v) is 19.3. The van der Waals surface area contributed by atoms with Crippen molar-refractivity contribution in [1.82, 2.24) is 0 Å². The third-order valence-electron chi connectivity index (χ3n) is 4.49. The van der Waals surface area contributed by atoms with Gasteiger partial charge >= 0.3 is 0 Å². The summed E-state index contributed by atoms with van der Waals surface area (Å²) in [5, 5.41) is 3.27. The Bertz CT molecular complexity index is 1030. The molecule has 0 saturated carbocycles. The molecule has 6 heteroatoms. The van der Waals surface area contributed by atoms with E-state index in [1.54, 1.807) is 0 Å². The van der Waals surface area contributed by atoms with E-state index in [0.717, 1.165) is 30.4 Å². The maximum absolute atomic E-state index is 13.3. The van der Waals surface area contributed by atoms with Crippen molar-refractivity contribution >= 4 is 65.1 Å². The van der Waals surface area contributed by atoms with Crippen LogP contribution in [0.25, 0.3) is 0 Å². The van der Waals surface area contributed by atoms with Gasteiger partial charge in [-0.1, -0.05) is 59.9 Å². The lowest BCUT2D eigenvalue weighted by molar-refractivity contribution is -0.114. The molecule has 140 valence electrons. The third kappa shape index (κ3) is 4.09. The molecule has 1 atom stereocenters. The molecule has 3 nitrogen and oxygen atoms in total. The zero-order valence-electron chi connectivity index (χ0n) is 14.6. The molecular weight excluding hydrogens is 548 g/mol. The van der Waals surface area contributed by atoms with Gasteiger partial charge < -0.3 is 5.32 Å². The molecule has 0 unspecified atom stereocenters. The molecule has 1 aliphatic heterocycles. The molecule has 1 aliphatic rings. The van der Waals surface area contributed by atoms with Crippen LogP contribution in [0.2, 0.25) is 0 Å². The summed E-state index contributed by atoms with van der Waals surface area (Å²) < 4.78 is 2.98. The van der Waals surface area contributed by atoms with Crippen LogP contribution in [0.3, 0.4) is 0 Å². The van der Waals surface area contributed by atoms with Gasteiger partial charge in [-0.05, 0) is 72.3 Å². The Morgan fingerprint density at radius 2 is 1.21 bits per heavy atom. The number of amides is 1. The zero-order chi connectivity index (χ0) is 19.7. The van der Waals surface area contributed by atoms with Gasteiger partial charge in [0.25, 0.3) is 5.91 Å². The van der Waals surface area contributed by atoms with Crippen molar-refractivity contribution in [3.8, 4) is 0 Å². The summed E-state index contributed by atoms with van der Waals surface area (Å²) in [6, 6.07) is 23.4. The van der Waals surface area contributed by atoms with Gasteiger partial charge in [0.1, 0.15) is 5.70 Å². The molecule has 0 bridgehead atoms. The van der Waals surface area contributed by atoms with E-state index in [-0.39, 0.29) is 11.9 Å². The third-order valence-corrected chi connectivity index (χ3v) is 6.08. The summed E-state index contributed by atoms with van der Waals surface area (Å²) in [6.45, 7) is 0. The highest BCUT2D eigenvalue weighted by atomic mass is 79.9. The van der Waals surface area contributed by atoms with E-state index >= 15 is 0 Å². The van der Waals surface area contributed by atoms with E-state index in [1.807, 2.05) is 83.8 Å². The molecule has 0 fully saturated rings. The van der Waals surface area contributed by atoms with Gasteiger partial charge in [-0.2, -0.15) is 0 Å². The summed E-state index contributed by atoms with van der Waals surface area (Å²) in [5.74, 6) is -0.0573. The van der Waals surface area contributed by atoms with E-state index in [9.17, 15) is 4.79 Å². The molecule has 0 saturated heterocycles. The minimum absolute atomic E-state index is 0.0573. The minimum atomic E-state index is -0.181. The summed E-state index contributed by atoms with van der Waals surface area (Å²) in [5.41, 5.74) is 3.34. The van der Waals surface area contributed by atoms with Crippen molar-refractivity contribution in [3.63, 3.8) is 0 Å². The molecule has 1 amide bonds. The van der Waals surface area contributed by atoms with Crippen molar-refractivity contribution in [2.24, 2.45) is 0 Å². The van der Waals surface area contributed by atoms with E-state index in [1.165, 1.54) is 0 Å². The standard InChI is InChI=1S/C22H15Br3N2O/c23-15-3-1-14(2-4-15)21-13-20(26-18-9-5-16(24)6-10-18)22(28)27(21)19-11-7-17(25)8-12-19/h1-13,21,26H/t21-/m1/s1. The van der Waals surface area contributed by atoms with Gasteiger partial charge in [0, 0.05) is 24.8 Å². The van der Waals surface area contributed by atoms with Crippen LogP contribution in [0, 0.1) is 0 Å². The molecule has 0 aromatic heterocycles. The molecule has 1 heterocycles. The topological polar surface area (TPSA) is 32.3 Å². The van der Waals surface area contributed by atoms with Crippen LogP contribution < -0.4 is 10.2 Å². The number of hydrogen-bond donors (Lipinski definition) is 1. The number of benzene rings is 3. The van der Waals surface area contributed by atoms with E-state index in [4.69, 9.17) is 0 Å². The number of nitrogens with one attached hydrogen (secondary N) is 1. The lowest BCUT2D eigenvalue weighted by Crippen LogP contribution is -2.30. The first-order chi connectivity index (χ1) is 13.5. The summed E-state index contributed by atoms with van der Waals surface area (Å²) in [4.78, 5) is 15.1. The Hall–Kier alpha value is -1.89. The Balaban J connectivity index is 1.72. The van der Waals surface area contributed by atoms with E-state index in [2.05, 4.69) is 53.1 Å². The quantitative estimate of drug-likeness (QED) is 0.369. The SMILES string of the molecule is O=C1C(Nc2ccc(Br)cc2)=C[C@H](c2ccc(Br)cc2)N1c1ccc(Br)cc1. The Labute approximate surface area is 188 Å². The lowest BCUT2D eigenvalue weighted by atomic mass is 10.1. The Kier molecular flexibility index (Phi) is 5.71. The normalized spacial score (nSPS) is 16.2. The van der Waals surface area contributed by atoms with Gasteiger partial charge in [0.2, 0.25) is 0 Å². The largest absolute Gasteiger partial charge is 0.351 e. The Morgan fingerprint density at radius 1 is 0.714 bits per heavy atom. The van der Waals surface area contributed by atoms with Gasteiger partial charge in [0.05, 0.1) is 6.04 Å². The average molecular weight is 563 g/mol. The highest BCUT2D eigenvalue weighted by molar-refractivity contribution is 9.11. The molecule has 4 rings (SSSR count). The molecule has 0 aliphatic carbocycles. The van der Waals surface area contributed by atoms with Crippen molar-refractivity contribution in [2.75, 3.05) is 10.2 Å². The highest BCUT2D eigenvalue weighted by Crippen LogP contribution is 2.37. The van der Waals surface area contributed by atoms with Crippen LogP contribution in [0.15, 0.2) is 98.0 Å².